The molecular weight excluding hydrogens is 302 g/mol. The largest absolute Gasteiger partial charge is 0.378 e. The number of carbonyl (C=O) groups excluding carboxylic acids is 1. The summed E-state index contributed by atoms with van der Waals surface area (Å²) in [7, 11) is 0. The van der Waals surface area contributed by atoms with E-state index in [-0.39, 0.29) is 12.1 Å². The zero-order valence-corrected chi connectivity index (χ0v) is 14.6. The van der Waals surface area contributed by atoms with Gasteiger partial charge >= 0.3 is 6.03 Å². The maximum Gasteiger partial charge on any atom is 0.315 e. The summed E-state index contributed by atoms with van der Waals surface area (Å²) >= 11 is 0. The zero-order valence-electron chi connectivity index (χ0n) is 14.6. The lowest BCUT2D eigenvalue weighted by molar-refractivity contribution is 0.104. The molecule has 2 N–H and O–H groups in total. The highest BCUT2D eigenvalue weighted by Crippen LogP contribution is 2.23. The van der Waals surface area contributed by atoms with Gasteiger partial charge in [0.2, 0.25) is 0 Å². The molecule has 2 fully saturated rings. The topological polar surface area (TPSA) is 53.6 Å². The van der Waals surface area contributed by atoms with Gasteiger partial charge in [0.15, 0.2) is 0 Å². The van der Waals surface area contributed by atoms with Crippen molar-refractivity contribution in [1.82, 2.24) is 10.6 Å². The van der Waals surface area contributed by atoms with E-state index < -0.39 is 0 Å². The van der Waals surface area contributed by atoms with Crippen molar-refractivity contribution in [2.24, 2.45) is 0 Å². The van der Waals surface area contributed by atoms with E-state index in [1.807, 2.05) is 6.92 Å². The first-order valence-electron chi connectivity index (χ1n) is 9.23. The summed E-state index contributed by atoms with van der Waals surface area (Å²) in [5, 5.41) is 5.97. The van der Waals surface area contributed by atoms with E-state index in [9.17, 15) is 4.79 Å². The van der Waals surface area contributed by atoms with Crippen LogP contribution in [0, 0.1) is 0 Å². The van der Waals surface area contributed by atoms with Crippen LogP contribution in [0.3, 0.4) is 0 Å². The Balaban J connectivity index is 1.45. The molecule has 2 unspecified atom stereocenters. The molecule has 0 saturated carbocycles. The van der Waals surface area contributed by atoms with Gasteiger partial charge in [-0.2, -0.15) is 0 Å². The van der Waals surface area contributed by atoms with Crippen molar-refractivity contribution in [3.05, 3.63) is 29.8 Å². The highest BCUT2D eigenvalue weighted by molar-refractivity contribution is 5.74. The molecule has 5 nitrogen and oxygen atoms in total. The van der Waals surface area contributed by atoms with Gasteiger partial charge in [0.05, 0.1) is 12.1 Å². The molecule has 0 aromatic heterocycles. The van der Waals surface area contributed by atoms with Crippen molar-refractivity contribution in [2.75, 3.05) is 31.1 Å². The summed E-state index contributed by atoms with van der Waals surface area (Å²) < 4.78 is 5.57. The molecule has 132 valence electrons. The Kier molecular flexibility index (Phi) is 5.96. The molecule has 0 radical (unpaired) electrons. The van der Waals surface area contributed by atoms with Crippen LogP contribution in [0.1, 0.15) is 50.6 Å². The Morgan fingerprint density at radius 2 is 2.17 bits per heavy atom. The van der Waals surface area contributed by atoms with E-state index >= 15 is 0 Å². The number of ether oxygens (including phenoxy) is 1. The van der Waals surface area contributed by atoms with Gasteiger partial charge < -0.3 is 20.3 Å². The van der Waals surface area contributed by atoms with Gasteiger partial charge in [0, 0.05) is 31.9 Å². The number of amides is 2. The van der Waals surface area contributed by atoms with Crippen LogP contribution in [0.25, 0.3) is 0 Å². The number of carbonyl (C=O) groups is 1. The predicted octanol–water partition coefficient (Wildman–Crippen LogP) is 3.22. The Bertz CT molecular complexity index is 537. The first-order chi connectivity index (χ1) is 11.7. The Morgan fingerprint density at radius 3 is 2.92 bits per heavy atom. The first kappa shape index (κ1) is 17.1. The quantitative estimate of drug-likeness (QED) is 0.841. The minimum Gasteiger partial charge on any atom is -0.378 e. The van der Waals surface area contributed by atoms with Gasteiger partial charge in [-0.05, 0) is 56.7 Å². The fourth-order valence-electron chi connectivity index (χ4n) is 3.52. The van der Waals surface area contributed by atoms with E-state index in [1.54, 1.807) is 0 Å². The SMILES string of the molecule is CC(NC(=O)NCCC1CCCO1)c1cccc(N2CCCC2)c1. The molecule has 24 heavy (non-hydrogen) atoms. The smallest absolute Gasteiger partial charge is 0.315 e. The van der Waals surface area contributed by atoms with Crippen LogP contribution >= 0.6 is 0 Å². The van der Waals surface area contributed by atoms with Crippen molar-refractivity contribution in [3.63, 3.8) is 0 Å². The van der Waals surface area contributed by atoms with Crippen LogP contribution in [0.15, 0.2) is 24.3 Å². The number of nitrogens with one attached hydrogen (secondary N) is 2. The fraction of sp³-hybridized carbons (Fsp3) is 0.632. The van der Waals surface area contributed by atoms with Crippen molar-refractivity contribution >= 4 is 11.7 Å². The van der Waals surface area contributed by atoms with Gasteiger partial charge in [-0.15, -0.1) is 0 Å². The van der Waals surface area contributed by atoms with Crippen LogP contribution in [-0.2, 0) is 4.74 Å². The van der Waals surface area contributed by atoms with Crippen LogP contribution < -0.4 is 15.5 Å². The van der Waals surface area contributed by atoms with E-state index in [1.165, 1.54) is 18.5 Å². The molecule has 0 spiro atoms. The van der Waals surface area contributed by atoms with E-state index in [0.29, 0.717) is 12.6 Å². The molecule has 3 rings (SSSR count). The molecule has 0 aliphatic carbocycles. The lowest BCUT2D eigenvalue weighted by atomic mass is 10.1. The summed E-state index contributed by atoms with van der Waals surface area (Å²) in [5.74, 6) is 0. The van der Waals surface area contributed by atoms with Gasteiger partial charge in [0.25, 0.3) is 0 Å². The number of anilines is 1. The predicted molar refractivity (Wildman–Crippen MR) is 96.4 cm³/mol. The lowest BCUT2D eigenvalue weighted by Gasteiger charge is -2.21. The maximum absolute atomic E-state index is 12.1. The van der Waals surface area contributed by atoms with Gasteiger partial charge in [-0.25, -0.2) is 4.79 Å². The number of benzene rings is 1. The molecular formula is C19H29N3O2. The minimum atomic E-state index is -0.105. The third-order valence-electron chi connectivity index (χ3n) is 4.96. The standard InChI is InChI=1S/C19H29N3O2/c1-15(21-19(23)20-10-9-18-8-5-13-24-18)16-6-4-7-17(14-16)22-11-2-3-12-22/h4,6-7,14-15,18H,2-3,5,8-13H2,1H3,(H2,20,21,23). The van der Waals surface area contributed by atoms with Crippen molar-refractivity contribution in [2.45, 2.75) is 51.2 Å². The maximum atomic E-state index is 12.1. The molecule has 1 aromatic carbocycles. The second kappa shape index (κ2) is 8.38. The van der Waals surface area contributed by atoms with Crippen molar-refractivity contribution in [1.29, 1.82) is 0 Å². The van der Waals surface area contributed by atoms with Crippen molar-refractivity contribution < 1.29 is 9.53 Å². The number of urea groups is 1. The van der Waals surface area contributed by atoms with Crippen molar-refractivity contribution in [3.8, 4) is 0 Å². The van der Waals surface area contributed by atoms with Crippen LogP contribution in [-0.4, -0.2) is 38.4 Å². The van der Waals surface area contributed by atoms with Crippen LogP contribution in [0.4, 0.5) is 10.5 Å². The average molecular weight is 331 g/mol. The summed E-state index contributed by atoms with van der Waals surface area (Å²) in [6.45, 7) is 5.82. The van der Waals surface area contributed by atoms with Crippen LogP contribution in [0.2, 0.25) is 0 Å². The van der Waals surface area contributed by atoms with E-state index in [0.717, 1.165) is 44.5 Å². The van der Waals surface area contributed by atoms with E-state index in [2.05, 4.69) is 39.8 Å². The second-order valence-electron chi connectivity index (χ2n) is 6.83. The van der Waals surface area contributed by atoms with E-state index in [4.69, 9.17) is 4.74 Å². The molecule has 2 atom stereocenters. The highest BCUT2D eigenvalue weighted by atomic mass is 16.5. The normalized spacial score (nSPS) is 21.7. The monoisotopic (exact) mass is 331 g/mol. The molecule has 2 aliphatic rings. The Morgan fingerprint density at radius 1 is 1.33 bits per heavy atom. The number of rotatable bonds is 6. The molecule has 0 bridgehead atoms. The molecule has 5 heteroatoms. The third kappa shape index (κ3) is 4.63. The number of nitrogens with zero attached hydrogens (tertiary/aromatic N) is 1. The summed E-state index contributed by atoms with van der Waals surface area (Å²) in [5.41, 5.74) is 2.41. The Labute approximate surface area is 144 Å². The average Bonchev–Trinajstić information content (AvgIpc) is 3.29. The number of hydrogen-bond donors (Lipinski definition) is 2. The fourth-order valence-corrected chi connectivity index (χ4v) is 3.52. The molecule has 2 amide bonds. The molecule has 2 heterocycles. The summed E-state index contributed by atoms with van der Waals surface area (Å²) in [4.78, 5) is 14.5. The van der Waals surface area contributed by atoms with Gasteiger partial charge in [0.1, 0.15) is 0 Å². The third-order valence-corrected chi connectivity index (χ3v) is 4.96. The minimum absolute atomic E-state index is 0.00437. The molecule has 2 saturated heterocycles. The first-order valence-corrected chi connectivity index (χ1v) is 9.23. The zero-order chi connectivity index (χ0) is 16.8. The summed E-state index contributed by atoms with van der Waals surface area (Å²) in [6, 6.07) is 8.40. The number of hydrogen-bond acceptors (Lipinski definition) is 3. The summed E-state index contributed by atoms with van der Waals surface area (Å²) in [6.07, 6.45) is 6.01. The van der Waals surface area contributed by atoms with Crippen LogP contribution in [0.5, 0.6) is 0 Å². The lowest BCUT2D eigenvalue weighted by Crippen LogP contribution is -2.38. The highest BCUT2D eigenvalue weighted by Gasteiger charge is 2.17. The Hall–Kier alpha value is -1.75. The van der Waals surface area contributed by atoms with Gasteiger partial charge in [-0.3, -0.25) is 0 Å². The van der Waals surface area contributed by atoms with Gasteiger partial charge in [-0.1, -0.05) is 12.1 Å². The second-order valence-corrected chi connectivity index (χ2v) is 6.83. The molecule has 1 aromatic rings. The molecule has 2 aliphatic heterocycles.